The number of piperidine rings is 1. The highest BCUT2D eigenvalue weighted by Crippen LogP contribution is 2.38. The van der Waals surface area contributed by atoms with E-state index >= 15 is 0 Å². The minimum Gasteiger partial charge on any atom is -0.456 e. The number of benzene rings is 2. The molecule has 0 radical (unpaired) electrons. The standard InChI is InChI=1S/C22H25N3O/c1-2-7-18(8-3-1)20-19-9-5-4-6-17(19)10-15-25(20)21-24-16-22(26-21)11-13-23-14-12-22/h1-9,20,23H,10-16H2/t20-/m0/s1. The van der Waals surface area contributed by atoms with E-state index in [1.165, 1.54) is 16.7 Å². The van der Waals surface area contributed by atoms with Gasteiger partial charge in [-0.3, -0.25) is 0 Å². The molecule has 3 heterocycles. The second-order valence-electron chi connectivity index (χ2n) is 7.59. The molecule has 26 heavy (non-hydrogen) atoms. The van der Waals surface area contributed by atoms with E-state index in [0.717, 1.165) is 51.5 Å². The van der Waals surface area contributed by atoms with E-state index in [1.54, 1.807) is 0 Å². The zero-order chi connectivity index (χ0) is 17.4. The highest BCUT2D eigenvalue weighted by molar-refractivity contribution is 5.78. The normalized spacial score (nSPS) is 24.1. The average Bonchev–Trinajstić information content (AvgIpc) is 3.11. The second-order valence-corrected chi connectivity index (χ2v) is 7.59. The molecule has 1 N–H and O–H groups in total. The first-order chi connectivity index (χ1) is 12.8. The Morgan fingerprint density at radius 2 is 1.77 bits per heavy atom. The van der Waals surface area contributed by atoms with E-state index in [9.17, 15) is 0 Å². The van der Waals surface area contributed by atoms with Gasteiger partial charge in [0.05, 0.1) is 12.6 Å². The first-order valence-corrected chi connectivity index (χ1v) is 9.68. The molecule has 1 fully saturated rings. The van der Waals surface area contributed by atoms with E-state index in [4.69, 9.17) is 9.73 Å². The van der Waals surface area contributed by atoms with E-state index < -0.39 is 0 Å². The molecule has 3 aliphatic rings. The van der Waals surface area contributed by atoms with Gasteiger partial charge in [0, 0.05) is 19.4 Å². The van der Waals surface area contributed by atoms with Gasteiger partial charge in [-0.2, -0.15) is 0 Å². The van der Waals surface area contributed by atoms with Gasteiger partial charge in [0.15, 0.2) is 0 Å². The second kappa shape index (κ2) is 6.44. The molecule has 134 valence electrons. The lowest BCUT2D eigenvalue weighted by Gasteiger charge is -2.40. The molecule has 0 bridgehead atoms. The average molecular weight is 347 g/mol. The van der Waals surface area contributed by atoms with Crippen molar-refractivity contribution in [2.45, 2.75) is 30.9 Å². The molecule has 0 amide bonds. The Kier molecular flexibility index (Phi) is 3.93. The zero-order valence-corrected chi connectivity index (χ0v) is 15.0. The van der Waals surface area contributed by atoms with Crippen LogP contribution in [0.15, 0.2) is 59.6 Å². The number of aliphatic imine (C=N–C) groups is 1. The van der Waals surface area contributed by atoms with Gasteiger partial charge >= 0.3 is 0 Å². The number of hydrogen-bond donors (Lipinski definition) is 1. The molecule has 0 unspecified atom stereocenters. The summed E-state index contributed by atoms with van der Waals surface area (Å²) in [6.45, 7) is 3.79. The van der Waals surface area contributed by atoms with Crippen molar-refractivity contribution in [1.29, 1.82) is 0 Å². The molecule has 1 saturated heterocycles. The zero-order valence-electron chi connectivity index (χ0n) is 15.0. The molecule has 2 aromatic carbocycles. The van der Waals surface area contributed by atoms with Gasteiger partial charge < -0.3 is 15.0 Å². The van der Waals surface area contributed by atoms with Crippen LogP contribution in [0.2, 0.25) is 0 Å². The largest absolute Gasteiger partial charge is 0.456 e. The number of hydrogen-bond acceptors (Lipinski definition) is 4. The van der Waals surface area contributed by atoms with Crippen LogP contribution in [-0.4, -0.2) is 42.7 Å². The third-order valence-electron chi connectivity index (χ3n) is 5.97. The molecule has 4 heteroatoms. The van der Waals surface area contributed by atoms with Crippen molar-refractivity contribution < 1.29 is 4.74 Å². The quantitative estimate of drug-likeness (QED) is 0.861. The van der Waals surface area contributed by atoms with Crippen LogP contribution in [0.4, 0.5) is 0 Å². The van der Waals surface area contributed by atoms with Gasteiger partial charge in [-0.05, 0) is 36.2 Å². The molecule has 4 nitrogen and oxygen atoms in total. The molecule has 0 saturated carbocycles. The lowest BCUT2D eigenvalue weighted by molar-refractivity contribution is 0.0345. The fraction of sp³-hybridized carbons (Fsp3) is 0.409. The van der Waals surface area contributed by atoms with Crippen LogP contribution in [0, 0.1) is 0 Å². The van der Waals surface area contributed by atoms with Crippen LogP contribution in [0.5, 0.6) is 0 Å². The van der Waals surface area contributed by atoms with Crippen LogP contribution < -0.4 is 5.32 Å². The lowest BCUT2D eigenvalue weighted by Crippen LogP contribution is -2.47. The van der Waals surface area contributed by atoms with Gasteiger partial charge in [0.1, 0.15) is 5.60 Å². The highest BCUT2D eigenvalue weighted by atomic mass is 16.5. The van der Waals surface area contributed by atoms with Crippen molar-refractivity contribution in [3.63, 3.8) is 0 Å². The van der Waals surface area contributed by atoms with E-state index in [-0.39, 0.29) is 11.6 Å². The van der Waals surface area contributed by atoms with Crippen molar-refractivity contribution in [1.82, 2.24) is 10.2 Å². The summed E-state index contributed by atoms with van der Waals surface area (Å²) in [7, 11) is 0. The van der Waals surface area contributed by atoms with E-state index in [2.05, 4.69) is 64.8 Å². The molecular formula is C22H25N3O. The maximum atomic E-state index is 6.53. The predicted molar refractivity (Wildman–Crippen MR) is 103 cm³/mol. The van der Waals surface area contributed by atoms with Gasteiger partial charge in [-0.15, -0.1) is 0 Å². The summed E-state index contributed by atoms with van der Waals surface area (Å²) in [5, 5.41) is 3.43. The summed E-state index contributed by atoms with van der Waals surface area (Å²) in [6, 6.07) is 20.6. The van der Waals surface area contributed by atoms with Gasteiger partial charge in [0.25, 0.3) is 6.02 Å². The number of amidine groups is 1. The Labute approximate surface area is 154 Å². The van der Waals surface area contributed by atoms with Gasteiger partial charge in [0.2, 0.25) is 0 Å². The van der Waals surface area contributed by atoms with E-state index in [0.29, 0.717) is 0 Å². The summed E-state index contributed by atoms with van der Waals surface area (Å²) in [6.07, 6.45) is 3.12. The maximum Gasteiger partial charge on any atom is 0.288 e. The Bertz CT molecular complexity index is 811. The Morgan fingerprint density at radius 3 is 2.62 bits per heavy atom. The number of fused-ring (bicyclic) bond motifs is 1. The number of nitrogens with one attached hydrogen (secondary N) is 1. The van der Waals surface area contributed by atoms with E-state index in [1.807, 2.05) is 0 Å². The summed E-state index contributed by atoms with van der Waals surface area (Å²) in [5.74, 6) is 0. The first kappa shape index (κ1) is 15.9. The highest BCUT2D eigenvalue weighted by Gasteiger charge is 2.43. The molecular weight excluding hydrogens is 322 g/mol. The number of ether oxygens (including phenoxy) is 1. The lowest BCUT2D eigenvalue weighted by atomic mass is 9.88. The summed E-state index contributed by atoms with van der Waals surface area (Å²) in [4.78, 5) is 7.26. The van der Waals surface area contributed by atoms with Crippen LogP contribution in [-0.2, 0) is 11.2 Å². The van der Waals surface area contributed by atoms with Crippen LogP contribution in [0.3, 0.4) is 0 Å². The van der Waals surface area contributed by atoms with Gasteiger partial charge in [-0.25, -0.2) is 4.99 Å². The van der Waals surface area contributed by atoms with Crippen LogP contribution in [0.25, 0.3) is 0 Å². The Balaban J connectivity index is 1.50. The summed E-state index contributed by atoms with van der Waals surface area (Å²) >= 11 is 0. The number of rotatable bonds is 1. The van der Waals surface area contributed by atoms with Crippen molar-refractivity contribution in [2.24, 2.45) is 4.99 Å². The molecule has 3 aliphatic heterocycles. The van der Waals surface area contributed by atoms with Crippen molar-refractivity contribution >= 4 is 6.02 Å². The minimum atomic E-state index is -0.0845. The monoisotopic (exact) mass is 347 g/mol. The Morgan fingerprint density at radius 1 is 1.00 bits per heavy atom. The van der Waals surface area contributed by atoms with Gasteiger partial charge in [-0.1, -0.05) is 54.6 Å². The molecule has 1 spiro atoms. The summed E-state index contributed by atoms with van der Waals surface area (Å²) < 4.78 is 6.53. The molecule has 2 aromatic rings. The molecule has 0 aliphatic carbocycles. The third-order valence-corrected chi connectivity index (χ3v) is 5.97. The molecule has 0 aromatic heterocycles. The van der Waals surface area contributed by atoms with Crippen LogP contribution in [0.1, 0.15) is 35.6 Å². The predicted octanol–water partition coefficient (Wildman–Crippen LogP) is 3.14. The Hall–Kier alpha value is -2.33. The molecule has 5 rings (SSSR count). The summed E-state index contributed by atoms with van der Waals surface area (Å²) in [5.41, 5.74) is 4.03. The van der Waals surface area contributed by atoms with Crippen molar-refractivity contribution in [3.8, 4) is 0 Å². The topological polar surface area (TPSA) is 36.9 Å². The van der Waals surface area contributed by atoms with Crippen LogP contribution >= 0.6 is 0 Å². The van der Waals surface area contributed by atoms with Crippen molar-refractivity contribution in [3.05, 3.63) is 71.3 Å². The third kappa shape index (κ3) is 2.69. The fourth-order valence-electron chi connectivity index (χ4n) is 4.53. The minimum absolute atomic E-state index is 0.0845. The SMILES string of the molecule is c1ccc([C@H]2c3ccccc3CCN2C2=NCC3(CCNCC3)O2)cc1. The fourth-order valence-corrected chi connectivity index (χ4v) is 4.53. The van der Waals surface area contributed by atoms with Crippen molar-refractivity contribution in [2.75, 3.05) is 26.2 Å². The smallest absolute Gasteiger partial charge is 0.288 e. The maximum absolute atomic E-state index is 6.53. The molecule has 1 atom stereocenters. The first-order valence-electron chi connectivity index (χ1n) is 9.68. The number of nitrogens with zero attached hydrogens (tertiary/aromatic N) is 2.